The van der Waals surface area contributed by atoms with E-state index >= 15 is 0 Å². The number of fused-ring (bicyclic) bond motifs is 1. The van der Waals surface area contributed by atoms with Gasteiger partial charge in [-0.25, -0.2) is 4.98 Å². The van der Waals surface area contributed by atoms with Crippen molar-refractivity contribution in [1.29, 1.82) is 0 Å². The fourth-order valence-corrected chi connectivity index (χ4v) is 2.56. The average molecular weight is 314 g/mol. The van der Waals surface area contributed by atoms with Gasteiger partial charge in [-0.2, -0.15) is 0 Å². The number of aliphatic hydroxyl groups is 3. The molecule has 1 aromatic rings. The summed E-state index contributed by atoms with van der Waals surface area (Å²) >= 11 is 0. The molecule has 3 rings (SSSR count). The Bertz CT molecular complexity index is 594. The van der Waals surface area contributed by atoms with Crippen molar-refractivity contribution in [2.45, 2.75) is 30.3 Å². The summed E-state index contributed by atoms with van der Waals surface area (Å²) in [4.78, 5) is 15.9. The van der Waals surface area contributed by atoms with Crippen LogP contribution >= 0.6 is 0 Å². The fourth-order valence-electron chi connectivity index (χ4n) is 2.56. The zero-order chi connectivity index (χ0) is 16.1. The van der Waals surface area contributed by atoms with Gasteiger partial charge in [0, 0.05) is 6.54 Å². The molecule has 11 heteroatoms. The molecule has 11 nitrogen and oxygen atoms in total. The van der Waals surface area contributed by atoms with Crippen LogP contribution in [0.15, 0.2) is 6.33 Å². The van der Waals surface area contributed by atoms with Gasteiger partial charge in [0.15, 0.2) is 17.7 Å². The van der Waals surface area contributed by atoms with Crippen LogP contribution in [0.3, 0.4) is 0 Å². The number of anilines is 1. The summed E-state index contributed by atoms with van der Waals surface area (Å²) in [5.74, 6) is -1.67. The zero-order valence-electron chi connectivity index (χ0n) is 11.5. The van der Waals surface area contributed by atoms with Gasteiger partial charge in [-0.1, -0.05) is 0 Å². The van der Waals surface area contributed by atoms with Crippen LogP contribution in [-0.4, -0.2) is 68.0 Å². The van der Waals surface area contributed by atoms with Gasteiger partial charge < -0.3 is 36.4 Å². The molecule has 122 valence electrons. The third kappa shape index (κ3) is 2.15. The van der Waals surface area contributed by atoms with Crippen molar-refractivity contribution < 1.29 is 24.9 Å². The first-order valence-corrected chi connectivity index (χ1v) is 6.69. The molecule has 0 radical (unpaired) electrons. The summed E-state index contributed by atoms with van der Waals surface area (Å²) in [6.45, 7) is -0.539. The maximum atomic E-state index is 12.0. The smallest absolute Gasteiger partial charge is 0.276 e. The Labute approximate surface area is 124 Å². The normalized spacial score (nSPS) is 37.6. The van der Waals surface area contributed by atoms with E-state index in [-0.39, 0.29) is 18.1 Å². The standard InChI is InChI=1S/C11H18N6O5/c12-2-11(13)15-8-5(9(21)16-11)14-3-17(8)10-7(20)6(19)4(1-18)22-10/h3-4,6-7,10,15,18-20H,1-2,12-13H2,(H,16,21)/t4-,6-,7-,10-,11?/m1/s1. The van der Waals surface area contributed by atoms with Crippen molar-refractivity contribution in [1.82, 2.24) is 14.9 Å². The zero-order valence-corrected chi connectivity index (χ0v) is 11.5. The van der Waals surface area contributed by atoms with Gasteiger partial charge in [0.1, 0.15) is 24.1 Å². The number of imidazole rings is 1. The Hall–Kier alpha value is -1.76. The van der Waals surface area contributed by atoms with Gasteiger partial charge in [-0.3, -0.25) is 15.1 Å². The van der Waals surface area contributed by atoms with E-state index in [9.17, 15) is 15.0 Å². The molecule has 1 amide bonds. The highest BCUT2D eigenvalue weighted by Gasteiger charge is 2.46. The van der Waals surface area contributed by atoms with E-state index in [0.717, 1.165) is 0 Å². The minimum Gasteiger partial charge on any atom is -0.394 e. The molecule has 0 saturated carbocycles. The van der Waals surface area contributed by atoms with Gasteiger partial charge in [0.05, 0.1) is 12.9 Å². The van der Waals surface area contributed by atoms with Crippen LogP contribution in [0.25, 0.3) is 0 Å². The monoisotopic (exact) mass is 314 g/mol. The highest BCUT2D eigenvalue weighted by Crippen LogP contribution is 2.34. The highest BCUT2D eigenvalue weighted by atomic mass is 16.6. The van der Waals surface area contributed by atoms with Crippen LogP contribution < -0.4 is 22.1 Å². The fraction of sp³-hybridized carbons (Fsp3) is 0.636. The number of rotatable bonds is 3. The average Bonchev–Trinajstić information content (AvgIpc) is 3.02. The van der Waals surface area contributed by atoms with Gasteiger partial charge in [-0.15, -0.1) is 0 Å². The maximum Gasteiger partial charge on any atom is 0.276 e. The first kappa shape index (κ1) is 15.1. The number of ether oxygens (including phenoxy) is 1. The van der Waals surface area contributed by atoms with E-state index in [1.54, 1.807) is 0 Å². The number of hydrogen-bond donors (Lipinski definition) is 7. The minimum atomic E-state index is -1.36. The molecule has 0 spiro atoms. The van der Waals surface area contributed by atoms with Crippen LogP contribution in [0.1, 0.15) is 16.7 Å². The molecule has 9 N–H and O–H groups in total. The molecule has 22 heavy (non-hydrogen) atoms. The van der Waals surface area contributed by atoms with Gasteiger partial charge in [0.2, 0.25) is 0 Å². The first-order valence-electron chi connectivity index (χ1n) is 6.69. The highest BCUT2D eigenvalue weighted by molar-refractivity contribution is 5.99. The van der Waals surface area contributed by atoms with E-state index in [2.05, 4.69) is 15.6 Å². The maximum absolute atomic E-state index is 12.0. The quantitative estimate of drug-likeness (QED) is 0.294. The van der Waals surface area contributed by atoms with Crippen LogP contribution in [0.5, 0.6) is 0 Å². The van der Waals surface area contributed by atoms with E-state index in [1.165, 1.54) is 10.9 Å². The molecule has 0 aliphatic carbocycles. The number of carbonyl (C=O) groups is 1. The molecule has 1 aromatic heterocycles. The number of nitrogens with one attached hydrogen (secondary N) is 2. The Morgan fingerprint density at radius 2 is 2.14 bits per heavy atom. The lowest BCUT2D eigenvalue weighted by Crippen LogP contribution is -2.68. The van der Waals surface area contributed by atoms with Gasteiger partial charge in [0.25, 0.3) is 5.91 Å². The number of aromatic nitrogens is 2. The summed E-state index contributed by atoms with van der Waals surface area (Å²) in [6, 6.07) is 0. The minimum absolute atomic E-state index is 0.0623. The van der Waals surface area contributed by atoms with E-state index < -0.39 is 42.8 Å². The molecule has 2 aliphatic rings. The van der Waals surface area contributed by atoms with E-state index in [0.29, 0.717) is 0 Å². The Morgan fingerprint density at radius 3 is 2.73 bits per heavy atom. The molecule has 1 unspecified atom stereocenters. The number of aliphatic hydroxyl groups excluding tert-OH is 3. The third-order valence-electron chi connectivity index (χ3n) is 3.80. The van der Waals surface area contributed by atoms with Crippen LogP contribution in [0.2, 0.25) is 0 Å². The largest absolute Gasteiger partial charge is 0.394 e. The molecular formula is C11H18N6O5. The number of carbonyl (C=O) groups excluding carboxylic acids is 1. The van der Waals surface area contributed by atoms with Crippen molar-refractivity contribution >= 4 is 11.7 Å². The summed E-state index contributed by atoms with van der Waals surface area (Å²) < 4.78 is 6.75. The molecule has 3 heterocycles. The Morgan fingerprint density at radius 1 is 1.41 bits per heavy atom. The molecule has 0 aromatic carbocycles. The van der Waals surface area contributed by atoms with Crippen LogP contribution in [-0.2, 0) is 4.74 Å². The van der Waals surface area contributed by atoms with Crippen molar-refractivity contribution in [3.05, 3.63) is 12.0 Å². The molecule has 2 aliphatic heterocycles. The second-order valence-corrected chi connectivity index (χ2v) is 5.33. The lowest BCUT2D eigenvalue weighted by molar-refractivity contribution is -0.0520. The lowest BCUT2D eigenvalue weighted by Gasteiger charge is -2.35. The summed E-state index contributed by atoms with van der Waals surface area (Å²) in [7, 11) is 0. The van der Waals surface area contributed by atoms with Gasteiger partial charge >= 0.3 is 0 Å². The number of amides is 1. The van der Waals surface area contributed by atoms with Crippen LogP contribution in [0.4, 0.5) is 5.82 Å². The van der Waals surface area contributed by atoms with Crippen molar-refractivity contribution in [3.8, 4) is 0 Å². The summed E-state index contributed by atoms with van der Waals surface area (Å²) in [6.07, 6.45) is -3.24. The second kappa shape index (κ2) is 5.15. The third-order valence-corrected chi connectivity index (χ3v) is 3.80. The molecule has 0 bridgehead atoms. The van der Waals surface area contributed by atoms with E-state index in [4.69, 9.17) is 21.3 Å². The Balaban J connectivity index is 1.96. The number of hydrogen-bond acceptors (Lipinski definition) is 9. The second-order valence-electron chi connectivity index (χ2n) is 5.33. The molecule has 1 saturated heterocycles. The molecule has 5 atom stereocenters. The van der Waals surface area contributed by atoms with Gasteiger partial charge in [-0.05, 0) is 0 Å². The van der Waals surface area contributed by atoms with Crippen molar-refractivity contribution in [2.75, 3.05) is 18.5 Å². The lowest BCUT2D eigenvalue weighted by atomic mass is 10.1. The summed E-state index contributed by atoms with van der Waals surface area (Å²) in [5.41, 5.74) is 11.5. The predicted molar refractivity (Wildman–Crippen MR) is 72.3 cm³/mol. The molecular weight excluding hydrogens is 296 g/mol. The number of nitrogens with zero attached hydrogens (tertiary/aromatic N) is 2. The van der Waals surface area contributed by atoms with Crippen molar-refractivity contribution in [2.24, 2.45) is 11.5 Å². The van der Waals surface area contributed by atoms with Crippen LogP contribution in [0, 0.1) is 0 Å². The molecule has 1 fully saturated rings. The van der Waals surface area contributed by atoms with Crippen molar-refractivity contribution in [3.63, 3.8) is 0 Å². The first-order chi connectivity index (χ1) is 10.4. The SMILES string of the molecule is NCC1(N)NC(=O)c2ncn([C@@H]3O[C@H](CO)[C@@H](O)[C@H]3O)c2N1. The summed E-state index contributed by atoms with van der Waals surface area (Å²) in [5, 5.41) is 34.3. The topological polar surface area (TPSA) is 181 Å². The number of nitrogens with two attached hydrogens (primary N) is 2. The predicted octanol–water partition coefficient (Wildman–Crippen LogP) is -3.78. The Kier molecular flexibility index (Phi) is 3.55. The van der Waals surface area contributed by atoms with E-state index in [1.807, 2.05) is 0 Å².